The molecular weight excluding hydrogens is 500 g/mol. The normalized spacial score (nSPS) is 18.4. The van der Waals surface area contributed by atoms with E-state index < -0.39 is 0 Å². The summed E-state index contributed by atoms with van der Waals surface area (Å²) in [6.07, 6.45) is 4.55. The van der Waals surface area contributed by atoms with E-state index in [4.69, 9.17) is 4.98 Å². The van der Waals surface area contributed by atoms with Crippen LogP contribution in [-0.4, -0.2) is 62.5 Å². The Morgan fingerprint density at radius 3 is 2.45 bits per heavy atom. The summed E-state index contributed by atoms with van der Waals surface area (Å²) in [5.74, 6) is 0.581. The maximum atomic E-state index is 14.1. The highest BCUT2D eigenvalue weighted by molar-refractivity contribution is 5.82. The number of pyridine rings is 1. The van der Waals surface area contributed by atoms with Crippen LogP contribution in [0, 0.1) is 6.92 Å². The quantitative estimate of drug-likeness (QED) is 0.387. The smallest absolute Gasteiger partial charge is 0.260 e. The summed E-state index contributed by atoms with van der Waals surface area (Å²) in [5, 5.41) is 4.37. The zero-order valence-corrected chi connectivity index (χ0v) is 23.2. The van der Waals surface area contributed by atoms with Crippen molar-refractivity contribution < 1.29 is 4.79 Å². The van der Waals surface area contributed by atoms with Crippen molar-refractivity contribution in [1.82, 2.24) is 24.3 Å². The van der Waals surface area contributed by atoms with Gasteiger partial charge in [0.25, 0.3) is 5.56 Å². The fourth-order valence-corrected chi connectivity index (χ4v) is 6.09. The van der Waals surface area contributed by atoms with Crippen molar-refractivity contribution in [1.29, 1.82) is 0 Å². The van der Waals surface area contributed by atoms with E-state index in [-0.39, 0.29) is 23.6 Å². The highest BCUT2D eigenvalue weighted by Gasteiger charge is 2.29. The molecule has 0 spiro atoms. The number of anilines is 1. The second kappa shape index (κ2) is 11.2. The lowest BCUT2D eigenvalue weighted by atomic mass is 10.0. The molecule has 2 saturated heterocycles. The van der Waals surface area contributed by atoms with E-state index in [2.05, 4.69) is 45.5 Å². The Kier molecular flexibility index (Phi) is 7.34. The van der Waals surface area contributed by atoms with Gasteiger partial charge in [0.15, 0.2) is 0 Å². The molecule has 1 amide bonds. The summed E-state index contributed by atoms with van der Waals surface area (Å²) in [4.78, 5) is 40.0. The lowest BCUT2D eigenvalue weighted by Crippen LogP contribution is -2.39. The van der Waals surface area contributed by atoms with Crippen LogP contribution in [0.5, 0.6) is 0 Å². The first kappa shape index (κ1) is 26.2. The molecule has 4 aromatic rings. The predicted molar refractivity (Wildman–Crippen MR) is 158 cm³/mol. The molecule has 40 heavy (non-hydrogen) atoms. The third-order valence-corrected chi connectivity index (χ3v) is 8.35. The third kappa shape index (κ3) is 5.36. The minimum atomic E-state index is -0.133. The number of nitrogens with one attached hydrogen (secondary N) is 1. The highest BCUT2D eigenvalue weighted by Crippen LogP contribution is 2.29. The predicted octanol–water partition coefficient (Wildman–Crippen LogP) is 4.64. The lowest BCUT2D eigenvalue weighted by Gasteiger charge is -2.32. The molecule has 2 fully saturated rings. The van der Waals surface area contributed by atoms with Crippen LogP contribution in [0.1, 0.15) is 43.4 Å². The van der Waals surface area contributed by atoms with E-state index in [1.165, 1.54) is 5.56 Å². The molecule has 2 aromatic carbocycles. The average molecular weight is 537 g/mol. The van der Waals surface area contributed by atoms with Crippen LogP contribution >= 0.6 is 0 Å². The average Bonchev–Trinajstić information content (AvgIpc) is 3.45. The summed E-state index contributed by atoms with van der Waals surface area (Å²) in [7, 11) is 0. The monoisotopic (exact) mass is 536 g/mol. The van der Waals surface area contributed by atoms with Gasteiger partial charge in [0, 0.05) is 62.8 Å². The van der Waals surface area contributed by atoms with E-state index in [1.54, 1.807) is 6.92 Å². The zero-order valence-electron chi connectivity index (χ0n) is 23.2. The molecule has 6 rings (SSSR count). The standard InChI is InChI=1S/C32H36N6O2/c1-22-8-6-7-11-28(22)29-18-25-19-33-32(34-26-12-15-36(16-13-26)20-24-9-4-3-5-10-24)35-30(25)38(31(29)40)27-14-17-37(21-27)23(2)39/h3-11,18-19,26-27H,12-17,20-21H2,1-2H3,(H,33,34,35)/t27-/m1/s1. The molecule has 4 heterocycles. The lowest BCUT2D eigenvalue weighted by molar-refractivity contribution is -0.127. The Balaban J connectivity index is 1.28. The van der Waals surface area contributed by atoms with Crippen molar-refractivity contribution in [3.8, 4) is 11.1 Å². The molecule has 0 unspecified atom stereocenters. The van der Waals surface area contributed by atoms with Gasteiger partial charge in [-0.1, -0.05) is 54.6 Å². The Labute approximate surface area is 234 Å². The summed E-state index contributed by atoms with van der Waals surface area (Å²) < 4.78 is 1.81. The van der Waals surface area contributed by atoms with E-state index in [0.717, 1.165) is 55.4 Å². The van der Waals surface area contributed by atoms with Crippen molar-refractivity contribution in [3.05, 3.63) is 88.3 Å². The summed E-state index contributed by atoms with van der Waals surface area (Å²) in [6.45, 7) is 7.73. The number of carbonyl (C=O) groups is 1. The molecule has 2 aliphatic heterocycles. The number of hydrogen-bond donors (Lipinski definition) is 1. The Morgan fingerprint density at radius 1 is 0.975 bits per heavy atom. The second-order valence-corrected chi connectivity index (χ2v) is 11.1. The van der Waals surface area contributed by atoms with Gasteiger partial charge >= 0.3 is 0 Å². The highest BCUT2D eigenvalue weighted by atomic mass is 16.2. The van der Waals surface area contributed by atoms with Gasteiger partial charge in [0.2, 0.25) is 11.9 Å². The third-order valence-electron chi connectivity index (χ3n) is 8.35. The molecule has 1 N–H and O–H groups in total. The van der Waals surface area contributed by atoms with Gasteiger partial charge in [-0.15, -0.1) is 0 Å². The minimum absolute atomic E-state index is 0.0329. The molecule has 2 aromatic heterocycles. The van der Waals surface area contributed by atoms with Crippen LogP contribution in [0.2, 0.25) is 0 Å². The fraction of sp³-hybridized carbons (Fsp3) is 0.375. The largest absolute Gasteiger partial charge is 0.351 e. The summed E-state index contributed by atoms with van der Waals surface area (Å²) in [5.41, 5.74) is 4.48. The van der Waals surface area contributed by atoms with Crippen LogP contribution < -0.4 is 10.9 Å². The van der Waals surface area contributed by atoms with Crippen LogP contribution in [-0.2, 0) is 11.3 Å². The molecule has 206 valence electrons. The van der Waals surface area contributed by atoms with Crippen molar-refractivity contribution in [2.75, 3.05) is 31.5 Å². The Bertz CT molecular complexity index is 1580. The second-order valence-electron chi connectivity index (χ2n) is 11.1. The number of benzene rings is 2. The molecule has 0 aliphatic carbocycles. The van der Waals surface area contributed by atoms with Gasteiger partial charge in [-0.3, -0.25) is 19.1 Å². The van der Waals surface area contributed by atoms with Crippen LogP contribution in [0.3, 0.4) is 0 Å². The number of fused-ring (bicyclic) bond motifs is 1. The first-order valence-electron chi connectivity index (χ1n) is 14.2. The Hall–Kier alpha value is -4.04. The van der Waals surface area contributed by atoms with E-state index in [0.29, 0.717) is 30.2 Å². The van der Waals surface area contributed by atoms with Crippen molar-refractivity contribution in [3.63, 3.8) is 0 Å². The van der Waals surface area contributed by atoms with Crippen LogP contribution in [0.4, 0.5) is 5.95 Å². The van der Waals surface area contributed by atoms with Gasteiger partial charge in [-0.25, -0.2) is 4.98 Å². The van der Waals surface area contributed by atoms with Gasteiger partial charge in [0.1, 0.15) is 5.65 Å². The summed E-state index contributed by atoms with van der Waals surface area (Å²) in [6, 6.07) is 20.6. The number of nitrogens with zero attached hydrogens (tertiary/aromatic N) is 5. The van der Waals surface area contributed by atoms with E-state index in [9.17, 15) is 9.59 Å². The molecule has 8 heteroatoms. The number of aromatic nitrogens is 3. The molecule has 2 aliphatic rings. The van der Waals surface area contributed by atoms with E-state index in [1.807, 2.05) is 52.9 Å². The summed E-state index contributed by atoms with van der Waals surface area (Å²) >= 11 is 0. The van der Waals surface area contributed by atoms with Gasteiger partial charge in [-0.2, -0.15) is 4.98 Å². The number of piperidine rings is 1. The number of hydrogen-bond acceptors (Lipinski definition) is 6. The van der Waals surface area contributed by atoms with E-state index >= 15 is 0 Å². The minimum Gasteiger partial charge on any atom is -0.351 e. The Morgan fingerprint density at radius 2 is 1.73 bits per heavy atom. The molecule has 1 atom stereocenters. The van der Waals surface area contributed by atoms with Crippen molar-refractivity contribution >= 4 is 22.9 Å². The van der Waals surface area contributed by atoms with Crippen LogP contribution in [0.25, 0.3) is 22.2 Å². The van der Waals surface area contributed by atoms with Crippen LogP contribution in [0.15, 0.2) is 71.7 Å². The number of aryl methyl sites for hydroxylation is 1. The van der Waals surface area contributed by atoms with Crippen molar-refractivity contribution in [2.24, 2.45) is 0 Å². The van der Waals surface area contributed by atoms with Gasteiger partial charge in [-0.05, 0) is 48.9 Å². The number of carbonyl (C=O) groups excluding carboxylic acids is 1. The number of likely N-dealkylation sites (tertiary alicyclic amines) is 2. The molecular formula is C32H36N6O2. The number of amides is 1. The van der Waals surface area contributed by atoms with Gasteiger partial charge < -0.3 is 10.2 Å². The molecule has 0 bridgehead atoms. The van der Waals surface area contributed by atoms with Crippen molar-refractivity contribution in [2.45, 2.75) is 51.7 Å². The maximum absolute atomic E-state index is 14.1. The molecule has 8 nitrogen and oxygen atoms in total. The SMILES string of the molecule is CC(=O)N1CC[C@@H](n2c(=O)c(-c3ccccc3C)cc3cnc(NC4CCN(Cc5ccccc5)CC4)nc32)C1. The number of rotatable bonds is 6. The first-order chi connectivity index (χ1) is 19.5. The first-order valence-corrected chi connectivity index (χ1v) is 14.2. The topological polar surface area (TPSA) is 83.4 Å². The van der Waals surface area contributed by atoms with Gasteiger partial charge in [0.05, 0.1) is 6.04 Å². The zero-order chi connectivity index (χ0) is 27.6. The molecule has 0 saturated carbocycles. The fourth-order valence-electron chi connectivity index (χ4n) is 6.09. The molecule has 0 radical (unpaired) electrons. The maximum Gasteiger partial charge on any atom is 0.260 e.